The Morgan fingerprint density at radius 3 is 3.18 bits per heavy atom. The van der Waals surface area contributed by atoms with Gasteiger partial charge in [0.2, 0.25) is 5.88 Å². The lowest BCUT2D eigenvalue weighted by atomic mass is 10.3. The van der Waals surface area contributed by atoms with Crippen LogP contribution >= 0.6 is 11.6 Å². The Hall–Kier alpha value is -1.23. The first-order chi connectivity index (χ1) is 8.24. The molecule has 0 saturated heterocycles. The lowest BCUT2D eigenvalue weighted by Gasteiger charge is -2.14. The van der Waals surface area contributed by atoms with Crippen molar-refractivity contribution in [2.75, 3.05) is 13.2 Å². The molecule has 0 aromatic carbocycles. The zero-order valence-electron chi connectivity index (χ0n) is 9.83. The molecule has 0 aliphatic carbocycles. The van der Waals surface area contributed by atoms with E-state index >= 15 is 0 Å². The third-order valence-corrected chi connectivity index (χ3v) is 2.98. The van der Waals surface area contributed by atoms with Gasteiger partial charge in [0, 0.05) is 19.5 Å². The second kappa shape index (κ2) is 5.40. The Morgan fingerprint density at radius 1 is 1.65 bits per heavy atom. The van der Waals surface area contributed by atoms with Crippen molar-refractivity contribution in [1.29, 1.82) is 0 Å². The molecule has 1 aliphatic rings. The van der Waals surface area contributed by atoms with E-state index < -0.39 is 0 Å². The molecule has 0 bridgehead atoms. The maximum Gasteiger partial charge on any atom is 0.273 e. The number of halogens is 1. The summed E-state index contributed by atoms with van der Waals surface area (Å²) < 4.78 is 7.05. The molecule has 6 heteroatoms. The first kappa shape index (κ1) is 12.2. The van der Waals surface area contributed by atoms with Crippen molar-refractivity contribution in [1.82, 2.24) is 15.1 Å². The number of hydrogen-bond acceptors (Lipinski definition) is 3. The highest BCUT2D eigenvalue weighted by atomic mass is 35.5. The molecule has 94 valence electrons. The van der Waals surface area contributed by atoms with Gasteiger partial charge in [-0.25, -0.2) is 4.68 Å². The fourth-order valence-electron chi connectivity index (χ4n) is 1.70. The maximum absolute atomic E-state index is 11.8. The number of nitrogens with one attached hydrogen (secondary N) is 1. The summed E-state index contributed by atoms with van der Waals surface area (Å²) in [5.74, 6) is 0.285. The molecule has 17 heavy (non-hydrogen) atoms. The van der Waals surface area contributed by atoms with Gasteiger partial charge in [-0.05, 0) is 6.42 Å². The van der Waals surface area contributed by atoms with Crippen LogP contribution in [0.4, 0.5) is 0 Å². The molecule has 0 saturated carbocycles. The number of amides is 1. The number of unbranched alkanes of at least 4 members (excludes halogenated alkanes) is 1. The zero-order valence-corrected chi connectivity index (χ0v) is 10.6. The fraction of sp³-hybridized carbons (Fsp3) is 0.636. The van der Waals surface area contributed by atoms with Crippen LogP contribution in [0.25, 0.3) is 0 Å². The summed E-state index contributed by atoms with van der Waals surface area (Å²) >= 11 is 6.08. The molecular formula is C11H16ClN3O2. The molecule has 1 aliphatic heterocycles. The molecule has 1 amide bonds. The Bertz CT molecular complexity index is 417. The Labute approximate surface area is 105 Å². The van der Waals surface area contributed by atoms with E-state index in [-0.39, 0.29) is 11.6 Å². The minimum Gasteiger partial charge on any atom is -0.477 e. The van der Waals surface area contributed by atoms with Crippen molar-refractivity contribution < 1.29 is 9.53 Å². The first-order valence-corrected chi connectivity index (χ1v) is 6.29. The van der Waals surface area contributed by atoms with Gasteiger partial charge in [-0.15, -0.1) is 0 Å². The van der Waals surface area contributed by atoms with E-state index in [1.807, 2.05) is 0 Å². The van der Waals surface area contributed by atoms with Gasteiger partial charge < -0.3 is 10.1 Å². The second-order valence-electron chi connectivity index (χ2n) is 4.00. The molecule has 0 radical (unpaired) electrons. The quantitative estimate of drug-likeness (QED) is 0.838. The number of hydrogen-bond donors (Lipinski definition) is 1. The highest BCUT2D eigenvalue weighted by Gasteiger charge is 2.24. The highest BCUT2D eigenvalue weighted by Crippen LogP contribution is 2.30. The van der Waals surface area contributed by atoms with E-state index in [0.717, 1.165) is 25.8 Å². The minimum absolute atomic E-state index is 0.228. The first-order valence-electron chi connectivity index (χ1n) is 5.91. The summed E-state index contributed by atoms with van der Waals surface area (Å²) in [6, 6.07) is 0. The summed E-state index contributed by atoms with van der Waals surface area (Å²) in [7, 11) is 0. The van der Waals surface area contributed by atoms with Crippen LogP contribution in [0.3, 0.4) is 0 Å². The van der Waals surface area contributed by atoms with E-state index in [9.17, 15) is 4.79 Å². The fourth-order valence-corrected chi connectivity index (χ4v) is 1.98. The summed E-state index contributed by atoms with van der Waals surface area (Å²) in [6.45, 7) is 4.09. The van der Waals surface area contributed by atoms with E-state index in [1.54, 1.807) is 4.68 Å². The second-order valence-corrected chi connectivity index (χ2v) is 4.38. The third kappa shape index (κ3) is 2.54. The number of nitrogens with zero attached hydrogens (tertiary/aromatic N) is 2. The molecule has 0 fully saturated rings. The number of fused-ring (bicyclic) bond motifs is 1. The van der Waals surface area contributed by atoms with E-state index in [2.05, 4.69) is 17.3 Å². The maximum atomic E-state index is 11.8. The van der Waals surface area contributed by atoms with Crippen LogP contribution in [0, 0.1) is 0 Å². The van der Waals surface area contributed by atoms with Crippen molar-refractivity contribution in [2.45, 2.75) is 32.7 Å². The largest absolute Gasteiger partial charge is 0.477 e. The van der Waals surface area contributed by atoms with Gasteiger partial charge in [0.15, 0.2) is 5.69 Å². The molecule has 0 unspecified atom stereocenters. The van der Waals surface area contributed by atoms with Crippen LogP contribution in [0.2, 0.25) is 5.02 Å². The number of carbonyl (C=O) groups is 1. The topological polar surface area (TPSA) is 56.2 Å². The van der Waals surface area contributed by atoms with Crippen molar-refractivity contribution >= 4 is 17.5 Å². The molecule has 1 N–H and O–H groups in total. The van der Waals surface area contributed by atoms with Crippen molar-refractivity contribution in [3.8, 4) is 5.88 Å². The summed E-state index contributed by atoms with van der Waals surface area (Å²) in [6.07, 6.45) is 2.88. The number of aryl methyl sites for hydroxylation is 1. The zero-order chi connectivity index (χ0) is 12.3. The van der Waals surface area contributed by atoms with Crippen LogP contribution in [-0.4, -0.2) is 28.8 Å². The number of aromatic nitrogens is 2. The molecule has 1 aromatic rings. The lowest BCUT2D eigenvalue weighted by Crippen LogP contribution is -2.25. The number of rotatable bonds is 4. The molecular weight excluding hydrogens is 242 g/mol. The van der Waals surface area contributed by atoms with Gasteiger partial charge in [-0.1, -0.05) is 24.9 Å². The normalized spacial score (nSPS) is 14.0. The van der Waals surface area contributed by atoms with Gasteiger partial charge in [0.25, 0.3) is 5.91 Å². The van der Waals surface area contributed by atoms with Gasteiger partial charge in [-0.3, -0.25) is 4.79 Å². The molecule has 2 rings (SSSR count). The van der Waals surface area contributed by atoms with Crippen LogP contribution in [0.5, 0.6) is 5.88 Å². The van der Waals surface area contributed by atoms with Crippen LogP contribution in [-0.2, 0) is 6.54 Å². The lowest BCUT2D eigenvalue weighted by molar-refractivity contribution is 0.0947. The Morgan fingerprint density at radius 2 is 2.47 bits per heavy atom. The van der Waals surface area contributed by atoms with Gasteiger partial charge in [-0.2, -0.15) is 5.10 Å². The predicted octanol–water partition coefficient (Wildman–Crippen LogP) is 1.85. The summed E-state index contributed by atoms with van der Waals surface area (Å²) in [5.41, 5.74) is 0.264. The standard InChI is InChI=1S/C11H16ClN3O2/c1-2-3-5-13-10(16)9-8(12)11-15(14-9)6-4-7-17-11/h2-7H2,1H3,(H,13,16). The average molecular weight is 258 g/mol. The van der Waals surface area contributed by atoms with Gasteiger partial charge in [0.05, 0.1) is 6.61 Å². The predicted molar refractivity (Wildman–Crippen MR) is 64.6 cm³/mol. The molecule has 0 atom stereocenters. The van der Waals surface area contributed by atoms with Crippen molar-refractivity contribution in [3.63, 3.8) is 0 Å². The van der Waals surface area contributed by atoms with E-state index in [4.69, 9.17) is 16.3 Å². The van der Waals surface area contributed by atoms with Gasteiger partial charge >= 0.3 is 0 Å². The number of carbonyl (C=O) groups excluding carboxylic acids is 1. The smallest absolute Gasteiger partial charge is 0.273 e. The Kier molecular flexibility index (Phi) is 3.89. The molecule has 5 nitrogen and oxygen atoms in total. The SMILES string of the molecule is CCCCNC(=O)c1nn2c(c1Cl)OCCC2. The Balaban J connectivity index is 2.10. The van der Waals surface area contributed by atoms with E-state index in [0.29, 0.717) is 24.1 Å². The summed E-state index contributed by atoms with van der Waals surface area (Å²) in [4.78, 5) is 11.8. The van der Waals surface area contributed by atoms with Crippen LogP contribution in [0.1, 0.15) is 36.7 Å². The molecule has 1 aromatic heterocycles. The van der Waals surface area contributed by atoms with Crippen molar-refractivity contribution in [3.05, 3.63) is 10.7 Å². The van der Waals surface area contributed by atoms with Crippen molar-refractivity contribution in [2.24, 2.45) is 0 Å². The molecule has 2 heterocycles. The monoisotopic (exact) mass is 257 g/mol. The van der Waals surface area contributed by atoms with Crippen LogP contribution < -0.4 is 10.1 Å². The highest BCUT2D eigenvalue weighted by molar-refractivity contribution is 6.34. The molecule has 0 spiro atoms. The average Bonchev–Trinajstić information content (AvgIpc) is 2.68. The summed E-state index contributed by atoms with van der Waals surface area (Å²) in [5, 5.41) is 7.29. The third-order valence-electron chi connectivity index (χ3n) is 2.63. The minimum atomic E-state index is -0.228. The number of ether oxygens (including phenoxy) is 1. The van der Waals surface area contributed by atoms with Gasteiger partial charge in [0.1, 0.15) is 5.02 Å². The van der Waals surface area contributed by atoms with E-state index in [1.165, 1.54) is 0 Å². The van der Waals surface area contributed by atoms with Crippen LogP contribution in [0.15, 0.2) is 0 Å².